The number of anilines is 1. The van der Waals surface area contributed by atoms with E-state index in [9.17, 15) is 31.2 Å². The molecule has 6 nitrogen and oxygen atoms in total. The first-order chi connectivity index (χ1) is 12.0. The highest BCUT2D eigenvalue weighted by atomic mass is 32.2. The average Bonchev–Trinajstić information content (AvgIpc) is 2.85. The largest absolute Gasteiger partial charge is 0.453 e. The molecule has 0 fully saturated rings. The van der Waals surface area contributed by atoms with E-state index in [0.717, 1.165) is 29.7 Å². The summed E-state index contributed by atoms with van der Waals surface area (Å²) in [4.78, 5) is 23.7. The molecule has 0 aliphatic carbocycles. The number of hydrogen-bond acceptors (Lipinski definition) is 5. The van der Waals surface area contributed by atoms with Gasteiger partial charge in [0.1, 0.15) is 0 Å². The number of benzene rings is 1. The Labute approximate surface area is 147 Å². The number of allylic oxidation sites excluding steroid dienone is 1. The van der Waals surface area contributed by atoms with Gasteiger partial charge in [-0.2, -0.15) is 13.2 Å². The van der Waals surface area contributed by atoms with Crippen LogP contribution in [0.1, 0.15) is 18.9 Å². The second-order valence-electron chi connectivity index (χ2n) is 5.82. The van der Waals surface area contributed by atoms with Crippen LogP contribution in [0.2, 0.25) is 0 Å². The van der Waals surface area contributed by atoms with Gasteiger partial charge in [0.2, 0.25) is 0 Å². The van der Waals surface area contributed by atoms with Crippen LogP contribution in [-0.2, 0) is 30.3 Å². The fraction of sp³-hybridized carbons (Fsp3) is 0.375. The van der Waals surface area contributed by atoms with Crippen molar-refractivity contribution in [2.75, 3.05) is 11.1 Å². The fourth-order valence-electron chi connectivity index (χ4n) is 2.27. The lowest BCUT2D eigenvalue weighted by molar-refractivity contribution is -0.153. The Balaban J connectivity index is 1.85. The van der Waals surface area contributed by atoms with Crippen LogP contribution in [0.25, 0.3) is 0 Å². The number of carbonyl (C=O) groups excluding carboxylic acids is 2. The van der Waals surface area contributed by atoms with Crippen molar-refractivity contribution in [3.63, 3.8) is 0 Å². The molecule has 1 aliphatic rings. The van der Waals surface area contributed by atoms with Gasteiger partial charge in [0.15, 0.2) is 15.9 Å². The minimum absolute atomic E-state index is 0.121. The normalized spacial score (nSPS) is 19.8. The van der Waals surface area contributed by atoms with E-state index in [4.69, 9.17) is 4.74 Å². The quantitative estimate of drug-likeness (QED) is 0.779. The maximum Gasteiger partial charge on any atom is 0.416 e. The van der Waals surface area contributed by atoms with E-state index in [1.807, 2.05) is 0 Å². The molecule has 0 aromatic heterocycles. The van der Waals surface area contributed by atoms with Gasteiger partial charge in [-0.3, -0.25) is 9.59 Å². The second kappa shape index (κ2) is 7.48. The zero-order chi connectivity index (χ0) is 19.5. The number of esters is 1. The summed E-state index contributed by atoms with van der Waals surface area (Å²) in [6, 6.07) is 3.81. The SMILES string of the molecule is CC(OC(=O)CC1C=CS(=O)(=O)C1)C(=O)Nc1ccc(C(F)(F)F)cc1. The molecule has 2 unspecified atom stereocenters. The van der Waals surface area contributed by atoms with Gasteiger partial charge >= 0.3 is 12.1 Å². The molecule has 142 valence electrons. The molecule has 26 heavy (non-hydrogen) atoms. The molecule has 0 spiro atoms. The summed E-state index contributed by atoms with van der Waals surface area (Å²) in [5.41, 5.74) is -0.731. The standard InChI is InChI=1S/C16H16F3NO5S/c1-10(25-14(21)8-11-6-7-26(23,24)9-11)15(22)20-13-4-2-12(3-5-13)16(17,18)19/h2-7,10-11H,8-9H2,1H3,(H,20,22). The highest BCUT2D eigenvalue weighted by Gasteiger charge is 2.30. The monoisotopic (exact) mass is 391 g/mol. The van der Waals surface area contributed by atoms with E-state index in [1.54, 1.807) is 0 Å². The Kier molecular flexibility index (Phi) is 5.74. The number of hydrogen-bond donors (Lipinski definition) is 1. The number of halogens is 3. The number of amides is 1. The van der Waals surface area contributed by atoms with Crippen molar-refractivity contribution < 1.29 is 35.9 Å². The van der Waals surface area contributed by atoms with Crippen LogP contribution >= 0.6 is 0 Å². The van der Waals surface area contributed by atoms with Crippen molar-refractivity contribution in [2.24, 2.45) is 5.92 Å². The average molecular weight is 391 g/mol. The third-order valence-corrected chi connectivity index (χ3v) is 5.06. The van der Waals surface area contributed by atoms with E-state index in [-0.39, 0.29) is 17.9 Å². The van der Waals surface area contributed by atoms with Crippen LogP contribution in [-0.4, -0.2) is 32.2 Å². The molecule has 1 amide bonds. The number of rotatable bonds is 5. The molecule has 2 rings (SSSR count). The zero-order valence-corrected chi connectivity index (χ0v) is 14.4. The molecule has 1 aliphatic heterocycles. The van der Waals surface area contributed by atoms with Gasteiger partial charge in [0.05, 0.1) is 17.7 Å². The lowest BCUT2D eigenvalue weighted by atomic mass is 10.1. The van der Waals surface area contributed by atoms with Crippen LogP contribution in [0.3, 0.4) is 0 Å². The number of sulfone groups is 1. The van der Waals surface area contributed by atoms with Crippen molar-refractivity contribution >= 4 is 27.4 Å². The summed E-state index contributed by atoms with van der Waals surface area (Å²) in [7, 11) is -3.29. The first-order valence-electron chi connectivity index (χ1n) is 7.55. The Morgan fingerprint density at radius 1 is 1.27 bits per heavy atom. The van der Waals surface area contributed by atoms with Gasteiger partial charge < -0.3 is 10.1 Å². The van der Waals surface area contributed by atoms with Crippen LogP contribution in [0.5, 0.6) is 0 Å². The molecule has 10 heteroatoms. The predicted molar refractivity (Wildman–Crippen MR) is 86.7 cm³/mol. The molecule has 2 atom stereocenters. The van der Waals surface area contributed by atoms with Crippen LogP contribution in [0, 0.1) is 5.92 Å². The second-order valence-corrected chi connectivity index (χ2v) is 7.75. The van der Waals surface area contributed by atoms with E-state index in [0.29, 0.717) is 0 Å². The first kappa shape index (κ1) is 20.0. The predicted octanol–water partition coefficient (Wildman–Crippen LogP) is 2.52. The minimum Gasteiger partial charge on any atom is -0.453 e. The first-order valence-corrected chi connectivity index (χ1v) is 9.26. The van der Waals surface area contributed by atoms with E-state index in [2.05, 4.69) is 5.32 Å². The van der Waals surface area contributed by atoms with Gasteiger partial charge in [0, 0.05) is 17.0 Å². The number of alkyl halides is 3. The van der Waals surface area contributed by atoms with E-state index in [1.165, 1.54) is 13.0 Å². The van der Waals surface area contributed by atoms with Gasteiger partial charge in [0.25, 0.3) is 5.91 Å². The fourth-order valence-corrected chi connectivity index (χ4v) is 3.67. The number of ether oxygens (including phenoxy) is 1. The van der Waals surface area contributed by atoms with Gasteiger partial charge in [-0.1, -0.05) is 6.08 Å². The highest BCUT2D eigenvalue weighted by molar-refractivity contribution is 7.94. The smallest absolute Gasteiger partial charge is 0.416 e. The molecule has 1 aromatic carbocycles. The van der Waals surface area contributed by atoms with Gasteiger partial charge in [-0.25, -0.2) is 8.42 Å². The summed E-state index contributed by atoms with van der Waals surface area (Å²) >= 11 is 0. The summed E-state index contributed by atoms with van der Waals surface area (Å²) in [6.07, 6.45) is -4.46. The zero-order valence-electron chi connectivity index (χ0n) is 13.6. The van der Waals surface area contributed by atoms with Crippen molar-refractivity contribution in [3.8, 4) is 0 Å². The lowest BCUT2D eigenvalue weighted by Gasteiger charge is -2.15. The Morgan fingerprint density at radius 3 is 2.38 bits per heavy atom. The maximum absolute atomic E-state index is 12.5. The van der Waals surface area contributed by atoms with Gasteiger partial charge in [-0.05, 0) is 31.2 Å². The molecule has 1 N–H and O–H groups in total. The van der Waals surface area contributed by atoms with Crippen molar-refractivity contribution in [1.82, 2.24) is 0 Å². The van der Waals surface area contributed by atoms with Crippen molar-refractivity contribution in [3.05, 3.63) is 41.3 Å². The number of nitrogens with one attached hydrogen (secondary N) is 1. The lowest BCUT2D eigenvalue weighted by Crippen LogP contribution is -2.30. The van der Waals surface area contributed by atoms with Crippen molar-refractivity contribution in [1.29, 1.82) is 0 Å². The third-order valence-electron chi connectivity index (χ3n) is 3.59. The number of carbonyl (C=O) groups is 2. The Bertz CT molecular complexity index is 815. The molecular formula is C16H16F3NO5S. The third kappa shape index (κ3) is 5.58. The topological polar surface area (TPSA) is 89.5 Å². The maximum atomic E-state index is 12.5. The van der Waals surface area contributed by atoms with Crippen molar-refractivity contribution in [2.45, 2.75) is 25.6 Å². The van der Waals surface area contributed by atoms with E-state index >= 15 is 0 Å². The molecule has 1 heterocycles. The van der Waals surface area contributed by atoms with Crippen LogP contribution < -0.4 is 5.32 Å². The molecular weight excluding hydrogens is 375 g/mol. The van der Waals surface area contributed by atoms with Crippen LogP contribution in [0.15, 0.2) is 35.7 Å². The minimum atomic E-state index is -4.48. The molecule has 1 aromatic rings. The van der Waals surface area contributed by atoms with Gasteiger partial charge in [-0.15, -0.1) is 0 Å². The molecule has 0 saturated heterocycles. The van der Waals surface area contributed by atoms with Crippen LogP contribution in [0.4, 0.5) is 18.9 Å². The Morgan fingerprint density at radius 2 is 1.88 bits per heavy atom. The summed E-state index contributed by atoms with van der Waals surface area (Å²) in [6.45, 7) is 1.30. The summed E-state index contributed by atoms with van der Waals surface area (Å²) in [5, 5.41) is 3.37. The molecule has 0 bridgehead atoms. The highest BCUT2D eigenvalue weighted by Crippen LogP contribution is 2.29. The summed E-state index contributed by atoms with van der Waals surface area (Å²) < 4.78 is 64.9. The Hall–Kier alpha value is -2.36. The summed E-state index contributed by atoms with van der Waals surface area (Å²) in [5.74, 6) is -2.15. The van der Waals surface area contributed by atoms with E-state index < -0.39 is 45.5 Å². The molecule has 0 saturated carbocycles. The molecule has 0 radical (unpaired) electrons.